The average Bonchev–Trinajstić information content (AvgIpc) is 3.28. The van der Waals surface area contributed by atoms with Gasteiger partial charge >= 0.3 is 6.61 Å². The molecule has 1 aliphatic carbocycles. The van der Waals surface area contributed by atoms with E-state index in [0.29, 0.717) is 29.3 Å². The first kappa shape index (κ1) is 16.4. The minimum atomic E-state index is -2.91. The summed E-state index contributed by atoms with van der Waals surface area (Å²) in [5, 5.41) is 9.39. The number of ether oxygens (including phenoxy) is 1. The Kier molecular flexibility index (Phi) is 4.75. The van der Waals surface area contributed by atoms with Gasteiger partial charge in [-0.2, -0.15) is 13.9 Å². The van der Waals surface area contributed by atoms with Crippen molar-refractivity contribution in [3.8, 4) is 17.0 Å². The maximum atomic E-state index is 12.3. The molecule has 8 heteroatoms. The molecule has 0 radical (unpaired) electrons. The van der Waals surface area contributed by atoms with Crippen LogP contribution in [0.2, 0.25) is 0 Å². The van der Waals surface area contributed by atoms with E-state index in [1.165, 1.54) is 18.3 Å². The van der Waals surface area contributed by atoms with Gasteiger partial charge in [-0.25, -0.2) is 0 Å². The fourth-order valence-corrected chi connectivity index (χ4v) is 2.50. The molecule has 0 aliphatic heterocycles. The lowest BCUT2D eigenvalue weighted by molar-refractivity contribution is -0.0498. The van der Waals surface area contributed by atoms with Gasteiger partial charge in [-0.15, -0.1) is 0 Å². The van der Waals surface area contributed by atoms with Gasteiger partial charge in [-0.1, -0.05) is 12.1 Å². The molecule has 1 fully saturated rings. The molecule has 1 heterocycles. The summed E-state index contributed by atoms with van der Waals surface area (Å²) in [4.78, 5) is 12.3. The lowest BCUT2D eigenvalue weighted by Crippen LogP contribution is -2.38. The number of carbonyl (C=O) groups is 1. The van der Waals surface area contributed by atoms with E-state index in [2.05, 4.69) is 20.3 Å². The highest BCUT2D eigenvalue weighted by atomic mass is 19.3. The largest absolute Gasteiger partial charge is 0.435 e. The van der Waals surface area contributed by atoms with Gasteiger partial charge in [0.15, 0.2) is 0 Å². The molecule has 1 aromatic carbocycles. The summed E-state index contributed by atoms with van der Waals surface area (Å²) < 4.78 is 29.0. The number of nitrogens with zero attached hydrogens (tertiary/aromatic N) is 1. The van der Waals surface area contributed by atoms with Crippen molar-refractivity contribution in [3.05, 3.63) is 36.0 Å². The van der Waals surface area contributed by atoms with Crippen molar-refractivity contribution in [3.63, 3.8) is 0 Å². The summed E-state index contributed by atoms with van der Waals surface area (Å²) in [7, 11) is 0. The van der Waals surface area contributed by atoms with Crippen molar-refractivity contribution < 1.29 is 18.3 Å². The summed E-state index contributed by atoms with van der Waals surface area (Å²) in [6, 6.07) is 6.04. The lowest BCUT2D eigenvalue weighted by atomic mass is 10.1. The number of halogens is 2. The smallest absolute Gasteiger partial charge is 0.387 e. The Bertz CT molecular complexity index is 716. The number of carbonyl (C=O) groups excluding carboxylic acids is 1. The lowest BCUT2D eigenvalue weighted by Gasteiger charge is -2.12. The molecular weight excluding hydrogens is 318 g/mol. The second-order valence-electron chi connectivity index (χ2n) is 5.78. The number of aromatic nitrogens is 2. The molecule has 1 amide bonds. The number of nitrogens with one attached hydrogen (secondary N) is 2. The van der Waals surface area contributed by atoms with E-state index in [4.69, 9.17) is 5.73 Å². The number of H-pyrrole nitrogens is 1. The highest BCUT2D eigenvalue weighted by molar-refractivity contribution is 5.99. The summed E-state index contributed by atoms with van der Waals surface area (Å²) in [5.41, 5.74) is 7.26. The molecule has 4 N–H and O–H groups in total. The molecule has 6 nitrogen and oxygen atoms in total. The third kappa shape index (κ3) is 3.88. The van der Waals surface area contributed by atoms with Crippen molar-refractivity contribution in [1.82, 2.24) is 15.5 Å². The van der Waals surface area contributed by atoms with Gasteiger partial charge in [0, 0.05) is 18.2 Å². The van der Waals surface area contributed by atoms with Crippen LogP contribution >= 0.6 is 0 Å². The van der Waals surface area contributed by atoms with E-state index >= 15 is 0 Å². The predicted octanol–water partition coefficient (Wildman–Crippen LogP) is 2.15. The zero-order valence-corrected chi connectivity index (χ0v) is 12.8. The third-order valence-electron chi connectivity index (χ3n) is 3.96. The van der Waals surface area contributed by atoms with E-state index in [9.17, 15) is 13.6 Å². The summed E-state index contributed by atoms with van der Waals surface area (Å²) >= 11 is 0. The second-order valence-corrected chi connectivity index (χ2v) is 5.78. The van der Waals surface area contributed by atoms with Crippen LogP contribution in [0.5, 0.6) is 5.75 Å². The molecule has 2 aromatic rings. The highest BCUT2D eigenvalue weighted by Gasteiger charge is 2.28. The Morgan fingerprint density at radius 3 is 2.96 bits per heavy atom. The van der Waals surface area contributed by atoms with Gasteiger partial charge < -0.3 is 15.8 Å². The molecule has 1 unspecified atom stereocenters. The molecular formula is C16H18F2N4O2. The molecule has 0 saturated heterocycles. The average molecular weight is 336 g/mol. The van der Waals surface area contributed by atoms with Crippen LogP contribution in [-0.4, -0.2) is 35.3 Å². The van der Waals surface area contributed by atoms with E-state index in [1.807, 2.05) is 0 Å². The zero-order chi connectivity index (χ0) is 17.1. The number of nitrogens with two attached hydrogens (primary N) is 1. The molecule has 0 bridgehead atoms. The van der Waals surface area contributed by atoms with Gasteiger partial charge in [-0.05, 0) is 30.9 Å². The van der Waals surface area contributed by atoms with Crippen LogP contribution in [0.4, 0.5) is 8.78 Å². The molecule has 24 heavy (non-hydrogen) atoms. The zero-order valence-electron chi connectivity index (χ0n) is 12.8. The number of hydrogen-bond donors (Lipinski definition) is 3. The third-order valence-corrected chi connectivity index (χ3v) is 3.96. The van der Waals surface area contributed by atoms with Gasteiger partial charge in [0.25, 0.3) is 5.91 Å². The molecule has 1 aromatic heterocycles. The first-order valence-corrected chi connectivity index (χ1v) is 7.67. The maximum absolute atomic E-state index is 12.3. The van der Waals surface area contributed by atoms with Crippen LogP contribution in [0.25, 0.3) is 11.3 Å². The van der Waals surface area contributed by atoms with Gasteiger partial charge in [0.05, 0.1) is 17.5 Å². The van der Waals surface area contributed by atoms with Crippen LogP contribution < -0.4 is 15.8 Å². The molecule has 128 valence electrons. The Morgan fingerprint density at radius 2 is 2.25 bits per heavy atom. The van der Waals surface area contributed by atoms with Crippen molar-refractivity contribution >= 4 is 5.91 Å². The number of alkyl halides is 2. The second kappa shape index (κ2) is 6.96. The van der Waals surface area contributed by atoms with Crippen molar-refractivity contribution in [2.45, 2.75) is 25.5 Å². The van der Waals surface area contributed by atoms with E-state index in [0.717, 1.165) is 12.8 Å². The number of rotatable bonds is 7. The first-order chi connectivity index (χ1) is 11.5. The quantitative estimate of drug-likeness (QED) is 0.722. The van der Waals surface area contributed by atoms with Crippen molar-refractivity contribution in [2.24, 2.45) is 11.7 Å². The standard InChI is InChI=1S/C16H18F2N4O2/c17-16(18)24-11-3-1-2-10(6-11)14-12(7-21-22-14)15(23)20-8-13(19)9-4-5-9/h1-3,6-7,9,13,16H,4-5,8,19H2,(H,20,23)(H,21,22). The normalized spacial score (nSPS) is 15.3. The SMILES string of the molecule is NC(CNC(=O)c1cn[nH]c1-c1cccc(OC(F)F)c1)C1CC1. The number of hydrogen-bond acceptors (Lipinski definition) is 4. The number of benzene rings is 1. The van der Waals surface area contributed by atoms with Gasteiger partial charge in [0.2, 0.25) is 0 Å². The van der Waals surface area contributed by atoms with E-state index in [1.54, 1.807) is 12.1 Å². The van der Waals surface area contributed by atoms with Crippen molar-refractivity contribution in [1.29, 1.82) is 0 Å². The van der Waals surface area contributed by atoms with Gasteiger partial charge in [-0.3, -0.25) is 9.89 Å². The van der Waals surface area contributed by atoms with Crippen LogP contribution in [0.1, 0.15) is 23.2 Å². The molecule has 0 spiro atoms. The fourth-order valence-electron chi connectivity index (χ4n) is 2.50. The summed E-state index contributed by atoms with van der Waals surface area (Å²) in [6.07, 6.45) is 3.60. The minimum Gasteiger partial charge on any atom is -0.435 e. The molecule has 1 atom stereocenters. The predicted molar refractivity (Wildman–Crippen MR) is 83.7 cm³/mol. The number of amides is 1. The number of aromatic amines is 1. The highest BCUT2D eigenvalue weighted by Crippen LogP contribution is 2.31. The summed E-state index contributed by atoms with van der Waals surface area (Å²) in [6.45, 7) is -2.52. The Morgan fingerprint density at radius 1 is 1.46 bits per heavy atom. The van der Waals surface area contributed by atoms with E-state index in [-0.39, 0.29) is 17.7 Å². The molecule has 1 aliphatic rings. The van der Waals surface area contributed by atoms with Gasteiger partial charge in [0.1, 0.15) is 5.75 Å². The van der Waals surface area contributed by atoms with Crippen LogP contribution in [0.3, 0.4) is 0 Å². The maximum Gasteiger partial charge on any atom is 0.387 e. The minimum absolute atomic E-state index is 0.0132. The summed E-state index contributed by atoms with van der Waals surface area (Å²) in [5.74, 6) is 0.187. The fraction of sp³-hybridized carbons (Fsp3) is 0.375. The first-order valence-electron chi connectivity index (χ1n) is 7.67. The Hall–Kier alpha value is -2.48. The Labute approximate surface area is 137 Å². The molecule has 1 saturated carbocycles. The van der Waals surface area contributed by atoms with E-state index < -0.39 is 6.61 Å². The van der Waals surface area contributed by atoms with Crippen molar-refractivity contribution in [2.75, 3.05) is 6.54 Å². The molecule has 3 rings (SSSR count). The topological polar surface area (TPSA) is 93.0 Å². The van der Waals surface area contributed by atoms with Crippen LogP contribution in [0, 0.1) is 5.92 Å². The van der Waals surface area contributed by atoms with Crippen LogP contribution in [0.15, 0.2) is 30.5 Å². The van der Waals surface area contributed by atoms with Crippen LogP contribution in [-0.2, 0) is 0 Å². The monoisotopic (exact) mass is 336 g/mol. The Balaban J connectivity index is 1.73.